The van der Waals surface area contributed by atoms with Crippen LogP contribution in [-0.2, 0) is 5.75 Å². The maximum Gasteiger partial charge on any atom is 0.220 e. The number of fused-ring (bicyclic) bond motifs is 1. The number of aromatic amines is 1. The molecule has 2 heterocycles. The first-order valence-corrected chi connectivity index (χ1v) is 9.36. The molecule has 0 aliphatic heterocycles. The van der Waals surface area contributed by atoms with Crippen molar-refractivity contribution >= 4 is 21.6 Å². The van der Waals surface area contributed by atoms with Crippen LogP contribution in [0.15, 0.2) is 29.6 Å². The van der Waals surface area contributed by atoms with E-state index in [1.807, 2.05) is 13.8 Å². The van der Waals surface area contributed by atoms with E-state index >= 15 is 0 Å². The van der Waals surface area contributed by atoms with Gasteiger partial charge in [0, 0.05) is 23.4 Å². The van der Waals surface area contributed by atoms with E-state index in [1.165, 1.54) is 0 Å². The molecule has 8 heteroatoms. The molecule has 1 aromatic carbocycles. The number of nitrogens with zero attached hydrogens (tertiary/aromatic N) is 2. The lowest BCUT2D eigenvalue weighted by molar-refractivity contribution is 0.407. The lowest BCUT2D eigenvalue weighted by Crippen LogP contribution is -2.08. The van der Waals surface area contributed by atoms with Crippen LogP contribution in [0.4, 0.5) is 0 Å². The van der Waals surface area contributed by atoms with E-state index in [2.05, 4.69) is 15.0 Å². The standard InChI is InChI=1S/C17H21N3O4S/c1-10-8-18-15(11(2)16(10)24-4)9-25(21,22)17-19-13-6-5-12(23-3)7-14(13)20-17/h5-8,21-22H,9H2,1-4H3,(H,19,20). The number of hydrogen-bond donors (Lipinski definition) is 3. The Morgan fingerprint density at radius 3 is 2.60 bits per heavy atom. The minimum atomic E-state index is -3.18. The van der Waals surface area contributed by atoms with Crippen molar-refractivity contribution < 1.29 is 18.6 Å². The first-order chi connectivity index (χ1) is 11.9. The predicted molar refractivity (Wildman–Crippen MR) is 97.7 cm³/mol. The number of benzene rings is 1. The van der Waals surface area contributed by atoms with Crippen molar-refractivity contribution in [2.75, 3.05) is 14.2 Å². The maximum absolute atomic E-state index is 10.7. The van der Waals surface area contributed by atoms with Crippen LogP contribution in [-0.4, -0.2) is 38.3 Å². The molecule has 0 aliphatic carbocycles. The number of pyridine rings is 1. The highest BCUT2D eigenvalue weighted by atomic mass is 32.3. The summed E-state index contributed by atoms with van der Waals surface area (Å²) in [5.74, 6) is 1.33. The van der Waals surface area contributed by atoms with Crippen molar-refractivity contribution in [2.45, 2.75) is 24.8 Å². The average molecular weight is 363 g/mol. The van der Waals surface area contributed by atoms with Crippen LogP contribution >= 0.6 is 10.6 Å². The van der Waals surface area contributed by atoms with Gasteiger partial charge >= 0.3 is 0 Å². The quantitative estimate of drug-likeness (QED) is 0.635. The van der Waals surface area contributed by atoms with Crippen molar-refractivity contribution in [2.24, 2.45) is 0 Å². The summed E-state index contributed by atoms with van der Waals surface area (Å²) in [5, 5.41) is 0.136. The van der Waals surface area contributed by atoms with Gasteiger partial charge in [-0.3, -0.25) is 14.1 Å². The molecule has 7 nitrogen and oxygen atoms in total. The van der Waals surface area contributed by atoms with Crippen molar-refractivity contribution in [1.82, 2.24) is 15.0 Å². The number of imidazole rings is 1. The van der Waals surface area contributed by atoms with Gasteiger partial charge in [0.1, 0.15) is 11.5 Å². The monoisotopic (exact) mass is 363 g/mol. The lowest BCUT2D eigenvalue weighted by Gasteiger charge is -2.29. The Kier molecular flexibility index (Phi) is 4.59. The highest BCUT2D eigenvalue weighted by Crippen LogP contribution is 2.50. The smallest absolute Gasteiger partial charge is 0.220 e. The largest absolute Gasteiger partial charge is 0.497 e. The molecule has 0 bridgehead atoms. The van der Waals surface area contributed by atoms with Crippen LogP contribution < -0.4 is 9.47 Å². The second-order valence-corrected chi connectivity index (χ2v) is 7.79. The van der Waals surface area contributed by atoms with Crippen LogP contribution in [0.25, 0.3) is 11.0 Å². The van der Waals surface area contributed by atoms with Crippen molar-refractivity contribution in [3.8, 4) is 11.5 Å². The van der Waals surface area contributed by atoms with Gasteiger partial charge in [0.25, 0.3) is 0 Å². The first kappa shape index (κ1) is 17.5. The molecule has 0 saturated carbocycles. The fraction of sp³-hybridized carbons (Fsp3) is 0.294. The van der Waals surface area contributed by atoms with Crippen molar-refractivity contribution in [3.05, 3.63) is 41.2 Å². The fourth-order valence-corrected chi connectivity index (χ4v) is 4.05. The van der Waals surface area contributed by atoms with Gasteiger partial charge in [0.15, 0.2) is 0 Å². The van der Waals surface area contributed by atoms with Gasteiger partial charge < -0.3 is 14.5 Å². The molecule has 3 aromatic rings. The van der Waals surface area contributed by atoms with Gasteiger partial charge in [0.2, 0.25) is 5.16 Å². The molecule has 3 rings (SSSR count). The third kappa shape index (κ3) is 3.28. The number of methoxy groups -OCH3 is 2. The molecule has 0 fully saturated rings. The summed E-state index contributed by atoms with van der Waals surface area (Å²) in [4.78, 5) is 11.6. The van der Waals surface area contributed by atoms with E-state index in [0.29, 0.717) is 28.2 Å². The molecule has 0 atom stereocenters. The summed E-state index contributed by atoms with van der Waals surface area (Å²) in [5.41, 5.74) is 3.58. The summed E-state index contributed by atoms with van der Waals surface area (Å²) >= 11 is 0. The lowest BCUT2D eigenvalue weighted by atomic mass is 10.1. The zero-order valence-electron chi connectivity index (χ0n) is 14.5. The Hall–Kier alpha value is -2.29. The third-order valence-electron chi connectivity index (χ3n) is 4.06. The number of H-pyrrole nitrogens is 1. The first-order valence-electron chi connectivity index (χ1n) is 7.64. The van der Waals surface area contributed by atoms with Crippen LogP contribution in [0.1, 0.15) is 16.8 Å². The molecule has 134 valence electrons. The fourth-order valence-electron chi connectivity index (χ4n) is 2.72. The number of rotatable bonds is 5. The van der Waals surface area contributed by atoms with Crippen molar-refractivity contribution in [3.63, 3.8) is 0 Å². The molecule has 0 spiro atoms. The van der Waals surface area contributed by atoms with E-state index in [0.717, 1.165) is 11.1 Å². The van der Waals surface area contributed by atoms with E-state index in [4.69, 9.17) is 9.47 Å². The van der Waals surface area contributed by atoms with E-state index in [9.17, 15) is 9.11 Å². The highest BCUT2D eigenvalue weighted by molar-refractivity contribution is 8.23. The van der Waals surface area contributed by atoms with Crippen LogP contribution in [0.3, 0.4) is 0 Å². The van der Waals surface area contributed by atoms with Gasteiger partial charge in [-0.1, -0.05) is 0 Å². The minimum absolute atomic E-state index is 0.0353. The Morgan fingerprint density at radius 1 is 1.16 bits per heavy atom. The van der Waals surface area contributed by atoms with Gasteiger partial charge in [-0.05, 0) is 26.0 Å². The molecular formula is C17H21N3O4S. The normalized spacial score (nSPS) is 12.4. The molecule has 0 radical (unpaired) electrons. The summed E-state index contributed by atoms with van der Waals surface area (Å²) in [7, 11) is -0.0189. The zero-order chi connectivity index (χ0) is 18.2. The summed E-state index contributed by atoms with van der Waals surface area (Å²) in [6.45, 7) is 3.75. The number of aromatic nitrogens is 3. The van der Waals surface area contributed by atoms with Crippen molar-refractivity contribution in [1.29, 1.82) is 0 Å². The molecular weight excluding hydrogens is 342 g/mol. The van der Waals surface area contributed by atoms with Gasteiger partial charge in [-0.2, -0.15) is 0 Å². The second-order valence-electron chi connectivity index (χ2n) is 5.78. The molecule has 0 saturated heterocycles. The minimum Gasteiger partial charge on any atom is -0.497 e. The molecule has 3 N–H and O–H groups in total. The number of ether oxygens (including phenoxy) is 2. The molecule has 2 aromatic heterocycles. The van der Waals surface area contributed by atoms with Gasteiger partial charge in [-0.15, -0.1) is 10.6 Å². The summed E-state index contributed by atoms with van der Waals surface area (Å²) in [6, 6.07) is 5.30. The van der Waals surface area contributed by atoms with E-state index in [1.54, 1.807) is 38.6 Å². The Bertz CT molecular complexity index is 924. The Morgan fingerprint density at radius 2 is 1.92 bits per heavy atom. The zero-order valence-corrected chi connectivity index (χ0v) is 15.3. The number of nitrogens with one attached hydrogen (secondary N) is 1. The Labute approximate surface area is 147 Å². The molecule has 25 heavy (non-hydrogen) atoms. The average Bonchev–Trinajstić information content (AvgIpc) is 3.02. The molecule has 0 amide bonds. The van der Waals surface area contributed by atoms with Crippen LogP contribution in [0.2, 0.25) is 0 Å². The number of hydrogen-bond acceptors (Lipinski definition) is 6. The predicted octanol–water partition coefficient (Wildman–Crippen LogP) is 3.90. The Balaban J connectivity index is 1.97. The summed E-state index contributed by atoms with van der Waals surface area (Å²) in [6.07, 6.45) is 1.67. The maximum atomic E-state index is 10.7. The second kappa shape index (κ2) is 6.55. The van der Waals surface area contributed by atoms with Crippen LogP contribution in [0.5, 0.6) is 11.5 Å². The molecule has 0 unspecified atom stereocenters. The van der Waals surface area contributed by atoms with E-state index in [-0.39, 0.29) is 10.9 Å². The van der Waals surface area contributed by atoms with Gasteiger partial charge in [0.05, 0.1) is 36.7 Å². The SMILES string of the molecule is COc1ccc2nc(S(O)(O)Cc3ncc(C)c(OC)c3C)[nH]c2c1. The van der Waals surface area contributed by atoms with Gasteiger partial charge in [-0.25, -0.2) is 4.98 Å². The van der Waals surface area contributed by atoms with E-state index < -0.39 is 10.6 Å². The topological polar surface area (TPSA) is 100 Å². The third-order valence-corrected chi connectivity index (χ3v) is 5.55. The highest BCUT2D eigenvalue weighted by Gasteiger charge is 2.24. The number of aryl methyl sites for hydroxylation is 1. The molecule has 0 aliphatic rings. The van der Waals surface area contributed by atoms with Crippen LogP contribution in [0, 0.1) is 13.8 Å². The summed E-state index contributed by atoms with van der Waals surface area (Å²) < 4.78 is 31.9.